The van der Waals surface area contributed by atoms with Gasteiger partial charge in [0.05, 0.1) is 8.66 Å². The number of thiophene rings is 1. The molecule has 1 unspecified atom stereocenters. The molecule has 0 spiro atoms. The minimum absolute atomic E-state index is 0.442. The average molecular weight is 408 g/mol. The predicted molar refractivity (Wildman–Crippen MR) is 104 cm³/mol. The first-order chi connectivity index (χ1) is 11.6. The third-order valence-corrected chi connectivity index (χ3v) is 5.96. The number of hydrogen-bond acceptors (Lipinski definition) is 5. The molecule has 0 aromatic carbocycles. The lowest BCUT2D eigenvalue weighted by Gasteiger charge is -2.17. The first-order valence-electron chi connectivity index (χ1n) is 8.36. The van der Waals surface area contributed by atoms with Gasteiger partial charge < -0.3 is 10.3 Å². The molecular weight excluding hydrogens is 386 g/mol. The molecule has 3 aromatic heterocycles. The van der Waals surface area contributed by atoms with Gasteiger partial charge in [0.1, 0.15) is 6.33 Å². The monoisotopic (exact) mass is 407 g/mol. The molecule has 3 rings (SSSR count). The van der Waals surface area contributed by atoms with E-state index in [0.29, 0.717) is 17.3 Å². The van der Waals surface area contributed by atoms with E-state index in [1.54, 1.807) is 11.3 Å². The second-order valence-electron chi connectivity index (χ2n) is 6.00. The molecular formula is C17H22BrN5S. The summed E-state index contributed by atoms with van der Waals surface area (Å²) in [6.45, 7) is 5.40. The van der Waals surface area contributed by atoms with Crippen LogP contribution in [0.4, 0.5) is 5.82 Å². The Hall–Kier alpha value is -1.47. The first kappa shape index (κ1) is 17.4. The molecule has 0 fully saturated rings. The van der Waals surface area contributed by atoms with E-state index in [-0.39, 0.29) is 0 Å². The summed E-state index contributed by atoms with van der Waals surface area (Å²) in [5.41, 5.74) is 7.56. The van der Waals surface area contributed by atoms with Crippen molar-refractivity contribution in [3.8, 4) is 10.7 Å². The van der Waals surface area contributed by atoms with Gasteiger partial charge in [0.25, 0.3) is 0 Å². The molecule has 0 radical (unpaired) electrons. The maximum Gasteiger partial charge on any atom is 0.165 e. The molecule has 0 saturated heterocycles. The number of aromatic nitrogens is 4. The van der Waals surface area contributed by atoms with E-state index in [1.807, 2.05) is 6.07 Å². The summed E-state index contributed by atoms with van der Waals surface area (Å²) in [5.74, 6) is 1.99. The average Bonchev–Trinajstić information content (AvgIpc) is 3.16. The Labute approximate surface area is 154 Å². The maximum absolute atomic E-state index is 6.03. The Bertz CT molecular complexity index is 826. The molecule has 0 amide bonds. The van der Waals surface area contributed by atoms with Crippen molar-refractivity contribution in [2.75, 3.05) is 5.73 Å². The van der Waals surface area contributed by atoms with Crippen LogP contribution in [0, 0.1) is 5.92 Å². The summed E-state index contributed by atoms with van der Waals surface area (Å²) in [4.78, 5) is 14.4. The number of halogens is 1. The zero-order valence-electron chi connectivity index (χ0n) is 14.0. The molecule has 1 atom stereocenters. The largest absolute Gasteiger partial charge is 0.382 e. The van der Waals surface area contributed by atoms with E-state index in [9.17, 15) is 0 Å². The van der Waals surface area contributed by atoms with Crippen molar-refractivity contribution in [2.45, 2.75) is 46.1 Å². The van der Waals surface area contributed by atoms with Crippen molar-refractivity contribution in [3.63, 3.8) is 0 Å². The van der Waals surface area contributed by atoms with E-state index in [2.05, 4.69) is 50.4 Å². The third-order valence-electron chi connectivity index (χ3n) is 4.34. The van der Waals surface area contributed by atoms with Crippen molar-refractivity contribution >= 4 is 44.2 Å². The third kappa shape index (κ3) is 3.47. The van der Waals surface area contributed by atoms with Crippen LogP contribution in [0.25, 0.3) is 21.9 Å². The predicted octanol–water partition coefficient (Wildman–Crippen LogP) is 5.12. The Morgan fingerprint density at radius 2 is 2.12 bits per heavy atom. The highest BCUT2D eigenvalue weighted by molar-refractivity contribution is 9.11. The standard InChI is InChI=1S/C17H22BrN5S/c1-3-5-6-11(4-2)9-23-16(12-7-8-13(18)24-12)22-14-15(19)20-10-21-17(14)23/h7-8,10-11H,3-6,9H2,1-2H3,(H2,19,20,21). The molecule has 3 aromatic rings. The van der Waals surface area contributed by atoms with Gasteiger partial charge in [-0.05, 0) is 40.4 Å². The van der Waals surface area contributed by atoms with Crippen LogP contribution in [-0.4, -0.2) is 19.5 Å². The number of nitrogens with two attached hydrogens (primary N) is 1. The smallest absolute Gasteiger partial charge is 0.165 e. The molecule has 128 valence electrons. The minimum Gasteiger partial charge on any atom is -0.382 e. The number of nitrogens with zero attached hydrogens (tertiary/aromatic N) is 4. The van der Waals surface area contributed by atoms with Crippen LogP contribution in [-0.2, 0) is 6.54 Å². The number of unbranched alkanes of at least 4 members (excludes halogenated alkanes) is 1. The summed E-state index contributed by atoms with van der Waals surface area (Å²) in [7, 11) is 0. The summed E-state index contributed by atoms with van der Waals surface area (Å²) in [6.07, 6.45) is 6.37. The fourth-order valence-corrected chi connectivity index (χ4v) is 4.31. The Balaban J connectivity index is 2.07. The molecule has 2 N–H and O–H groups in total. The van der Waals surface area contributed by atoms with E-state index in [0.717, 1.165) is 33.1 Å². The normalized spacial score (nSPS) is 12.8. The van der Waals surface area contributed by atoms with Crippen LogP contribution in [0.1, 0.15) is 39.5 Å². The number of anilines is 1. The summed E-state index contributed by atoms with van der Waals surface area (Å²) in [6, 6.07) is 4.14. The zero-order chi connectivity index (χ0) is 17.1. The lowest BCUT2D eigenvalue weighted by Crippen LogP contribution is -2.12. The van der Waals surface area contributed by atoms with Crippen molar-refractivity contribution in [3.05, 3.63) is 22.2 Å². The van der Waals surface area contributed by atoms with Crippen LogP contribution in [0.2, 0.25) is 0 Å². The van der Waals surface area contributed by atoms with Gasteiger partial charge in [0, 0.05) is 6.54 Å². The zero-order valence-corrected chi connectivity index (χ0v) is 16.4. The lowest BCUT2D eigenvalue weighted by atomic mass is 9.99. The highest BCUT2D eigenvalue weighted by atomic mass is 79.9. The van der Waals surface area contributed by atoms with Crippen molar-refractivity contribution in [1.29, 1.82) is 0 Å². The van der Waals surface area contributed by atoms with Gasteiger partial charge in [-0.3, -0.25) is 0 Å². The fraction of sp³-hybridized carbons (Fsp3) is 0.471. The number of nitrogen functional groups attached to an aromatic ring is 1. The van der Waals surface area contributed by atoms with Gasteiger partial charge in [-0.25, -0.2) is 15.0 Å². The first-order valence-corrected chi connectivity index (χ1v) is 9.97. The van der Waals surface area contributed by atoms with E-state index >= 15 is 0 Å². The van der Waals surface area contributed by atoms with Gasteiger partial charge >= 0.3 is 0 Å². The van der Waals surface area contributed by atoms with E-state index in [1.165, 1.54) is 25.6 Å². The van der Waals surface area contributed by atoms with Crippen LogP contribution in [0.5, 0.6) is 0 Å². The molecule has 0 aliphatic heterocycles. The van der Waals surface area contributed by atoms with Crippen molar-refractivity contribution in [1.82, 2.24) is 19.5 Å². The summed E-state index contributed by atoms with van der Waals surface area (Å²) >= 11 is 5.21. The number of hydrogen-bond donors (Lipinski definition) is 1. The molecule has 0 aliphatic carbocycles. The second-order valence-corrected chi connectivity index (χ2v) is 8.46. The van der Waals surface area contributed by atoms with E-state index < -0.39 is 0 Å². The molecule has 0 bridgehead atoms. The van der Waals surface area contributed by atoms with Gasteiger partial charge in [-0.15, -0.1) is 11.3 Å². The number of rotatable bonds is 7. The van der Waals surface area contributed by atoms with Crippen LogP contribution >= 0.6 is 27.3 Å². The Kier molecular flexibility index (Phi) is 5.50. The number of fused-ring (bicyclic) bond motifs is 1. The Morgan fingerprint density at radius 3 is 2.79 bits per heavy atom. The molecule has 24 heavy (non-hydrogen) atoms. The topological polar surface area (TPSA) is 69.6 Å². The van der Waals surface area contributed by atoms with Crippen molar-refractivity contribution in [2.24, 2.45) is 5.92 Å². The van der Waals surface area contributed by atoms with Gasteiger partial charge in [-0.2, -0.15) is 0 Å². The lowest BCUT2D eigenvalue weighted by molar-refractivity contribution is 0.396. The summed E-state index contributed by atoms with van der Waals surface area (Å²) < 4.78 is 3.31. The maximum atomic E-state index is 6.03. The molecule has 0 saturated carbocycles. The van der Waals surface area contributed by atoms with Gasteiger partial charge in [-0.1, -0.05) is 33.1 Å². The SMILES string of the molecule is CCCCC(CC)Cn1c(-c2ccc(Br)s2)nc2c(N)ncnc21. The second kappa shape index (κ2) is 7.61. The highest BCUT2D eigenvalue weighted by Crippen LogP contribution is 2.34. The quantitative estimate of drug-likeness (QED) is 0.589. The van der Waals surface area contributed by atoms with Gasteiger partial charge in [0.2, 0.25) is 0 Å². The molecule has 0 aliphatic rings. The van der Waals surface area contributed by atoms with Gasteiger partial charge in [0.15, 0.2) is 22.8 Å². The summed E-state index contributed by atoms with van der Waals surface area (Å²) in [5, 5.41) is 0. The minimum atomic E-state index is 0.442. The molecule has 5 nitrogen and oxygen atoms in total. The van der Waals surface area contributed by atoms with E-state index in [4.69, 9.17) is 10.7 Å². The molecule has 3 heterocycles. The van der Waals surface area contributed by atoms with Crippen LogP contribution < -0.4 is 5.73 Å². The highest BCUT2D eigenvalue weighted by Gasteiger charge is 2.19. The number of imidazole rings is 1. The fourth-order valence-electron chi connectivity index (χ4n) is 2.92. The van der Waals surface area contributed by atoms with Crippen LogP contribution in [0.15, 0.2) is 22.2 Å². The van der Waals surface area contributed by atoms with Crippen molar-refractivity contribution < 1.29 is 0 Å². The Morgan fingerprint density at radius 1 is 1.29 bits per heavy atom. The molecule has 7 heteroatoms. The van der Waals surface area contributed by atoms with Crippen LogP contribution in [0.3, 0.4) is 0 Å².